The Hall–Kier alpha value is -2.12. The lowest BCUT2D eigenvalue weighted by Crippen LogP contribution is -2.16. The fourth-order valence-electron chi connectivity index (χ4n) is 1.94. The van der Waals surface area contributed by atoms with Crippen LogP contribution in [0, 0.1) is 23.0 Å². The second kappa shape index (κ2) is 6.88. The Kier molecular flexibility index (Phi) is 5.48. The van der Waals surface area contributed by atoms with Gasteiger partial charge in [-0.2, -0.15) is 5.10 Å². The van der Waals surface area contributed by atoms with Crippen molar-refractivity contribution in [3.63, 3.8) is 0 Å². The molecule has 1 unspecified atom stereocenters. The van der Waals surface area contributed by atoms with Gasteiger partial charge in [0.2, 0.25) is 5.82 Å². The third-order valence-electron chi connectivity index (χ3n) is 3.05. The van der Waals surface area contributed by atoms with Gasteiger partial charge >= 0.3 is 11.7 Å². The molecule has 1 heterocycles. The molecule has 112 valence electrons. The Morgan fingerprint density at radius 1 is 1.60 bits per heavy atom. The molecule has 0 aliphatic carbocycles. The van der Waals surface area contributed by atoms with E-state index in [2.05, 4.69) is 10.4 Å². The summed E-state index contributed by atoms with van der Waals surface area (Å²) in [5.41, 5.74) is 0.356. The van der Waals surface area contributed by atoms with Crippen LogP contribution in [0.4, 0.5) is 11.5 Å². The Morgan fingerprint density at radius 2 is 2.25 bits per heavy atom. The zero-order valence-electron chi connectivity index (χ0n) is 11.9. The van der Waals surface area contributed by atoms with E-state index < -0.39 is 10.9 Å². The normalized spacial score (nSPS) is 12.2. The van der Waals surface area contributed by atoms with Crippen LogP contribution in [0.5, 0.6) is 0 Å². The quantitative estimate of drug-likeness (QED) is 0.558. The maximum Gasteiger partial charge on any atom is 0.333 e. The number of anilines is 1. The van der Waals surface area contributed by atoms with E-state index >= 15 is 0 Å². The number of carboxylic acids is 1. The summed E-state index contributed by atoms with van der Waals surface area (Å²) in [5, 5.41) is 26.8. The number of nitrogens with one attached hydrogen (secondary N) is 1. The first-order valence-corrected chi connectivity index (χ1v) is 6.54. The SMILES string of the molecule is CCn1nc(C)c([N+](=O)[O-])c1NCC(C)CCC(=O)O. The maximum atomic E-state index is 11.1. The second-order valence-electron chi connectivity index (χ2n) is 4.77. The van der Waals surface area contributed by atoms with Crippen molar-refractivity contribution in [1.29, 1.82) is 0 Å². The molecule has 1 rings (SSSR count). The van der Waals surface area contributed by atoms with Crippen LogP contribution in [-0.2, 0) is 11.3 Å². The van der Waals surface area contributed by atoms with Crippen LogP contribution < -0.4 is 5.32 Å². The molecule has 2 N–H and O–H groups in total. The Balaban J connectivity index is 2.76. The lowest BCUT2D eigenvalue weighted by atomic mass is 10.1. The van der Waals surface area contributed by atoms with E-state index in [4.69, 9.17) is 5.11 Å². The van der Waals surface area contributed by atoms with Gasteiger partial charge in [0.05, 0.1) is 4.92 Å². The molecule has 0 spiro atoms. The number of hydrogen-bond donors (Lipinski definition) is 2. The predicted molar refractivity (Wildman–Crippen MR) is 73.8 cm³/mol. The fraction of sp³-hybridized carbons (Fsp3) is 0.667. The van der Waals surface area contributed by atoms with Crippen LogP contribution in [0.2, 0.25) is 0 Å². The van der Waals surface area contributed by atoms with Crippen LogP contribution in [0.1, 0.15) is 32.4 Å². The van der Waals surface area contributed by atoms with Gasteiger partial charge in [-0.3, -0.25) is 14.9 Å². The molecule has 0 amide bonds. The number of aryl methyl sites for hydroxylation is 2. The van der Waals surface area contributed by atoms with Crippen molar-refractivity contribution in [2.75, 3.05) is 11.9 Å². The summed E-state index contributed by atoms with van der Waals surface area (Å²) in [4.78, 5) is 21.1. The van der Waals surface area contributed by atoms with Crippen LogP contribution in [0.3, 0.4) is 0 Å². The minimum absolute atomic E-state index is 0.0164. The molecular weight excluding hydrogens is 264 g/mol. The van der Waals surface area contributed by atoms with Crippen molar-refractivity contribution < 1.29 is 14.8 Å². The minimum Gasteiger partial charge on any atom is -0.481 e. The predicted octanol–water partition coefficient (Wildman–Crippen LogP) is 2.03. The highest BCUT2D eigenvalue weighted by molar-refractivity contribution is 5.66. The molecule has 1 aromatic heterocycles. The largest absolute Gasteiger partial charge is 0.481 e. The van der Waals surface area contributed by atoms with Crippen molar-refractivity contribution in [2.45, 2.75) is 40.2 Å². The summed E-state index contributed by atoms with van der Waals surface area (Å²) in [7, 11) is 0. The van der Waals surface area contributed by atoms with E-state index in [1.54, 1.807) is 11.6 Å². The van der Waals surface area contributed by atoms with Crippen LogP contribution >= 0.6 is 0 Å². The topological polar surface area (TPSA) is 110 Å². The number of rotatable bonds is 8. The first-order valence-electron chi connectivity index (χ1n) is 6.54. The summed E-state index contributed by atoms with van der Waals surface area (Å²) < 4.78 is 1.55. The molecule has 0 saturated carbocycles. The number of nitrogens with zero attached hydrogens (tertiary/aromatic N) is 3. The van der Waals surface area contributed by atoms with Crippen LogP contribution in [0.25, 0.3) is 0 Å². The Labute approximate surface area is 116 Å². The van der Waals surface area contributed by atoms with Gasteiger partial charge in [-0.05, 0) is 26.2 Å². The number of hydrogen-bond acceptors (Lipinski definition) is 5. The van der Waals surface area contributed by atoms with Crippen molar-refractivity contribution in [3.05, 3.63) is 15.8 Å². The summed E-state index contributed by atoms with van der Waals surface area (Å²) in [6, 6.07) is 0. The molecule has 0 fully saturated rings. The average Bonchev–Trinajstić information content (AvgIpc) is 2.69. The number of carbonyl (C=O) groups is 1. The summed E-state index contributed by atoms with van der Waals surface area (Å²) in [6.07, 6.45) is 0.617. The average molecular weight is 284 g/mol. The van der Waals surface area contributed by atoms with Crippen molar-refractivity contribution in [3.8, 4) is 0 Å². The first kappa shape index (κ1) is 15.9. The van der Waals surface area contributed by atoms with Crippen LogP contribution in [-0.4, -0.2) is 32.3 Å². The lowest BCUT2D eigenvalue weighted by Gasteiger charge is -2.12. The van der Waals surface area contributed by atoms with Crippen molar-refractivity contribution >= 4 is 17.5 Å². The number of aliphatic carboxylic acids is 1. The first-order chi connectivity index (χ1) is 9.36. The zero-order chi connectivity index (χ0) is 15.3. The molecule has 8 heteroatoms. The third kappa shape index (κ3) is 3.94. The van der Waals surface area contributed by atoms with Gasteiger partial charge in [-0.25, -0.2) is 4.68 Å². The van der Waals surface area contributed by atoms with Gasteiger partial charge in [-0.1, -0.05) is 6.92 Å². The highest BCUT2D eigenvalue weighted by atomic mass is 16.6. The summed E-state index contributed by atoms with van der Waals surface area (Å²) in [5.74, 6) is -0.347. The number of carboxylic acid groups (broad SMARTS) is 1. The van der Waals surface area contributed by atoms with Gasteiger partial charge in [0.15, 0.2) is 0 Å². The van der Waals surface area contributed by atoms with Crippen molar-refractivity contribution in [2.24, 2.45) is 5.92 Å². The van der Waals surface area contributed by atoms with Gasteiger partial charge in [0, 0.05) is 19.5 Å². The van der Waals surface area contributed by atoms with Gasteiger partial charge < -0.3 is 10.4 Å². The van der Waals surface area contributed by atoms with E-state index in [0.717, 1.165) is 0 Å². The zero-order valence-corrected chi connectivity index (χ0v) is 11.9. The smallest absolute Gasteiger partial charge is 0.333 e. The monoisotopic (exact) mass is 284 g/mol. The fourth-order valence-corrected chi connectivity index (χ4v) is 1.94. The minimum atomic E-state index is -0.836. The molecular formula is C12H20N4O4. The van der Waals surface area contributed by atoms with Gasteiger partial charge in [-0.15, -0.1) is 0 Å². The molecule has 0 bridgehead atoms. The molecule has 8 nitrogen and oxygen atoms in total. The van der Waals surface area contributed by atoms with Gasteiger partial charge in [0.25, 0.3) is 0 Å². The van der Waals surface area contributed by atoms with E-state index in [0.29, 0.717) is 31.0 Å². The van der Waals surface area contributed by atoms with Gasteiger partial charge in [0.1, 0.15) is 5.69 Å². The Bertz CT molecular complexity index is 498. The standard InChI is InChI=1S/C12H20N4O4/c1-4-15-12(11(16(19)20)9(3)14-15)13-7-8(2)5-6-10(17)18/h8,13H,4-7H2,1-3H3,(H,17,18). The maximum absolute atomic E-state index is 11.1. The number of aromatic nitrogens is 2. The molecule has 0 aromatic carbocycles. The molecule has 1 aromatic rings. The highest BCUT2D eigenvalue weighted by Gasteiger charge is 2.24. The number of nitro groups is 1. The third-order valence-corrected chi connectivity index (χ3v) is 3.05. The molecule has 20 heavy (non-hydrogen) atoms. The molecule has 1 atom stereocenters. The highest BCUT2D eigenvalue weighted by Crippen LogP contribution is 2.28. The van der Waals surface area contributed by atoms with Crippen molar-refractivity contribution in [1.82, 2.24) is 9.78 Å². The van der Waals surface area contributed by atoms with E-state index in [1.165, 1.54) is 0 Å². The second-order valence-corrected chi connectivity index (χ2v) is 4.77. The van der Waals surface area contributed by atoms with E-state index in [9.17, 15) is 14.9 Å². The molecule has 0 radical (unpaired) electrons. The molecule has 0 aliphatic heterocycles. The van der Waals surface area contributed by atoms with Crippen LogP contribution in [0.15, 0.2) is 0 Å². The Morgan fingerprint density at radius 3 is 2.75 bits per heavy atom. The van der Waals surface area contributed by atoms with E-state index in [1.807, 2.05) is 13.8 Å². The lowest BCUT2D eigenvalue weighted by molar-refractivity contribution is -0.384. The summed E-state index contributed by atoms with van der Waals surface area (Å²) >= 11 is 0. The molecule has 0 saturated heterocycles. The van der Waals surface area contributed by atoms with E-state index in [-0.39, 0.29) is 18.0 Å². The summed E-state index contributed by atoms with van der Waals surface area (Å²) in [6.45, 7) is 6.36. The molecule has 0 aliphatic rings.